The molecule has 2 N–H and O–H groups in total. The fraction of sp³-hybridized carbons (Fsp3) is 0.438. The molecule has 1 aliphatic rings. The van der Waals surface area contributed by atoms with Crippen LogP contribution in [0.15, 0.2) is 29.9 Å². The Morgan fingerprint density at radius 3 is 2.87 bits per heavy atom. The summed E-state index contributed by atoms with van der Waals surface area (Å²) in [5, 5.41) is 8.89. The lowest BCUT2D eigenvalue weighted by Gasteiger charge is -2.23. The van der Waals surface area contributed by atoms with Crippen molar-refractivity contribution < 1.29 is 9.53 Å². The lowest BCUT2D eigenvalue weighted by Crippen LogP contribution is -2.44. The zero-order chi connectivity index (χ0) is 15.9. The molecule has 2 aromatic rings. The Hall–Kier alpha value is -1.99. The Morgan fingerprint density at radius 2 is 2.09 bits per heavy atom. The maximum Gasteiger partial charge on any atom is 0.315 e. The number of rotatable bonds is 5. The number of amides is 2. The first-order valence-corrected chi connectivity index (χ1v) is 8.66. The summed E-state index contributed by atoms with van der Waals surface area (Å²) in [6.07, 6.45) is 6.02. The second-order valence-corrected chi connectivity index (χ2v) is 6.27. The Kier molecular flexibility index (Phi) is 5.55. The molecule has 2 amide bonds. The number of urea groups is 1. The van der Waals surface area contributed by atoms with Crippen molar-refractivity contribution in [2.75, 3.05) is 19.8 Å². The van der Waals surface area contributed by atoms with E-state index in [1.165, 1.54) is 0 Å². The minimum atomic E-state index is -0.110. The van der Waals surface area contributed by atoms with Gasteiger partial charge in [-0.05, 0) is 25.0 Å². The minimum Gasteiger partial charge on any atom is -0.381 e. The van der Waals surface area contributed by atoms with Gasteiger partial charge in [-0.3, -0.25) is 4.98 Å². The highest BCUT2D eigenvalue weighted by atomic mass is 32.1. The van der Waals surface area contributed by atoms with Gasteiger partial charge in [-0.1, -0.05) is 0 Å². The van der Waals surface area contributed by atoms with E-state index in [9.17, 15) is 4.79 Å². The monoisotopic (exact) mass is 332 g/mol. The van der Waals surface area contributed by atoms with Crippen molar-refractivity contribution >= 4 is 17.4 Å². The molecular formula is C16H20N4O2S. The van der Waals surface area contributed by atoms with Crippen molar-refractivity contribution in [1.82, 2.24) is 20.6 Å². The summed E-state index contributed by atoms with van der Waals surface area (Å²) in [6.45, 7) is 2.03. The molecule has 23 heavy (non-hydrogen) atoms. The van der Waals surface area contributed by atoms with Gasteiger partial charge < -0.3 is 15.4 Å². The molecule has 0 radical (unpaired) electrons. The van der Waals surface area contributed by atoms with Crippen molar-refractivity contribution in [2.24, 2.45) is 0 Å². The van der Waals surface area contributed by atoms with Gasteiger partial charge in [-0.25, -0.2) is 9.78 Å². The van der Waals surface area contributed by atoms with Gasteiger partial charge in [0.25, 0.3) is 0 Å². The van der Waals surface area contributed by atoms with Crippen LogP contribution in [0.5, 0.6) is 0 Å². The van der Waals surface area contributed by atoms with Gasteiger partial charge in [0, 0.05) is 55.6 Å². The maximum absolute atomic E-state index is 11.8. The molecule has 0 aromatic carbocycles. The number of nitrogens with zero attached hydrogens (tertiary/aromatic N) is 2. The van der Waals surface area contributed by atoms with E-state index >= 15 is 0 Å². The Balaban J connectivity index is 1.42. The molecule has 1 fully saturated rings. The lowest BCUT2D eigenvalue weighted by atomic mass is 10.1. The number of hydrogen-bond acceptors (Lipinski definition) is 5. The third-order valence-corrected chi connectivity index (χ3v) is 4.64. The quantitative estimate of drug-likeness (QED) is 0.880. The molecule has 0 atom stereocenters. The van der Waals surface area contributed by atoms with Crippen LogP contribution < -0.4 is 10.6 Å². The van der Waals surface area contributed by atoms with Crippen LogP contribution in [0.2, 0.25) is 0 Å². The van der Waals surface area contributed by atoms with Crippen LogP contribution in [-0.2, 0) is 11.2 Å². The van der Waals surface area contributed by atoms with E-state index in [2.05, 4.69) is 20.6 Å². The Morgan fingerprint density at radius 1 is 1.30 bits per heavy atom. The largest absolute Gasteiger partial charge is 0.381 e. The molecule has 3 heterocycles. The molecule has 3 rings (SSSR count). The zero-order valence-electron chi connectivity index (χ0n) is 12.8. The highest BCUT2D eigenvalue weighted by Crippen LogP contribution is 2.22. The van der Waals surface area contributed by atoms with Gasteiger partial charge in [0.15, 0.2) is 0 Å². The molecule has 2 aromatic heterocycles. The van der Waals surface area contributed by atoms with E-state index in [1.54, 1.807) is 23.7 Å². The summed E-state index contributed by atoms with van der Waals surface area (Å²) < 4.78 is 5.28. The first-order chi connectivity index (χ1) is 11.3. The van der Waals surface area contributed by atoms with Crippen LogP contribution in [0, 0.1) is 0 Å². The van der Waals surface area contributed by atoms with Crippen LogP contribution in [0.1, 0.15) is 18.5 Å². The third-order valence-electron chi connectivity index (χ3n) is 3.70. The van der Waals surface area contributed by atoms with Crippen LogP contribution in [0.3, 0.4) is 0 Å². The van der Waals surface area contributed by atoms with E-state index in [0.717, 1.165) is 48.7 Å². The fourth-order valence-electron chi connectivity index (χ4n) is 2.43. The molecule has 1 aliphatic heterocycles. The SMILES string of the molecule is O=C(NCCc1csc(-c2ccncc2)n1)NC1CCOCC1. The molecule has 7 heteroatoms. The van der Waals surface area contributed by atoms with Crippen LogP contribution in [-0.4, -0.2) is 41.8 Å². The highest BCUT2D eigenvalue weighted by Gasteiger charge is 2.15. The molecule has 122 valence electrons. The summed E-state index contributed by atoms with van der Waals surface area (Å²) in [4.78, 5) is 20.4. The third kappa shape index (κ3) is 4.74. The predicted molar refractivity (Wildman–Crippen MR) is 89.4 cm³/mol. The van der Waals surface area contributed by atoms with Crippen molar-refractivity contribution in [3.8, 4) is 10.6 Å². The number of hydrogen-bond donors (Lipinski definition) is 2. The first kappa shape index (κ1) is 15.9. The predicted octanol–water partition coefficient (Wildman–Crippen LogP) is 2.23. The van der Waals surface area contributed by atoms with E-state index in [-0.39, 0.29) is 12.1 Å². The number of aromatic nitrogens is 2. The van der Waals surface area contributed by atoms with Crippen molar-refractivity contribution in [3.63, 3.8) is 0 Å². The van der Waals surface area contributed by atoms with Crippen molar-refractivity contribution in [1.29, 1.82) is 0 Å². The molecule has 6 nitrogen and oxygen atoms in total. The van der Waals surface area contributed by atoms with E-state index < -0.39 is 0 Å². The van der Waals surface area contributed by atoms with Gasteiger partial charge in [0.1, 0.15) is 5.01 Å². The fourth-order valence-corrected chi connectivity index (χ4v) is 3.29. The second-order valence-electron chi connectivity index (χ2n) is 5.42. The van der Waals surface area contributed by atoms with Crippen LogP contribution >= 0.6 is 11.3 Å². The van der Waals surface area contributed by atoms with Gasteiger partial charge in [0.05, 0.1) is 5.69 Å². The Bertz CT molecular complexity index is 626. The highest BCUT2D eigenvalue weighted by molar-refractivity contribution is 7.13. The summed E-state index contributed by atoms with van der Waals surface area (Å²) >= 11 is 1.61. The molecule has 0 unspecified atom stereocenters. The summed E-state index contributed by atoms with van der Waals surface area (Å²) in [7, 11) is 0. The average molecular weight is 332 g/mol. The van der Waals surface area contributed by atoms with Gasteiger partial charge in [-0.15, -0.1) is 11.3 Å². The number of thiazole rings is 1. The second kappa shape index (κ2) is 8.03. The van der Waals surface area contributed by atoms with Crippen molar-refractivity contribution in [3.05, 3.63) is 35.6 Å². The lowest BCUT2D eigenvalue weighted by molar-refractivity contribution is 0.0801. The van der Waals surface area contributed by atoms with Crippen molar-refractivity contribution in [2.45, 2.75) is 25.3 Å². The number of pyridine rings is 1. The van der Waals surface area contributed by atoms with E-state index in [0.29, 0.717) is 6.54 Å². The Labute approximate surface area is 139 Å². The van der Waals surface area contributed by atoms with E-state index in [4.69, 9.17) is 4.74 Å². The minimum absolute atomic E-state index is 0.110. The molecule has 1 saturated heterocycles. The van der Waals surface area contributed by atoms with Crippen LogP contribution in [0.25, 0.3) is 10.6 Å². The smallest absolute Gasteiger partial charge is 0.315 e. The molecule has 0 bridgehead atoms. The maximum atomic E-state index is 11.8. The number of carbonyl (C=O) groups is 1. The topological polar surface area (TPSA) is 76.1 Å². The molecular weight excluding hydrogens is 312 g/mol. The first-order valence-electron chi connectivity index (χ1n) is 7.78. The number of ether oxygens (including phenoxy) is 1. The molecule has 0 saturated carbocycles. The normalized spacial score (nSPS) is 15.3. The van der Waals surface area contributed by atoms with Gasteiger partial charge >= 0.3 is 6.03 Å². The summed E-state index contributed by atoms with van der Waals surface area (Å²) in [5.41, 5.74) is 2.06. The zero-order valence-corrected chi connectivity index (χ0v) is 13.6. The number of carbonyl (C=O) groups excluding carboxylic acids is 1. The van der Waals surface area contributed by atoms with Gasteiger partial charge in [0.2, 0.25) is 0 Å². The average Bonchev–Trinajstić information content (AvgIpc) is 3.05. The molecule has 0 aliphatic carbocycles. The van der Waals surface area contributed by atoms with Crippen LogP contribution in [0.4, 0.5) is 4.79 Å². The summed E-state index contributed by atoms with van der Waals surface area (Å²) in [6, 6.07) is 4.01. The molecule has 0 spiro atoms. The van der Waals surface area contributed by atoms with E-state index in [1.807, 2.05) is 17.5 Å². The summed E-state index contributed by atoms with van der Waals surface area (Å²) in [5.74, 6) is 0. The van der Waals surface area contributed by atoms with Gasteiger partial charge in [-0.2, -0.15) is 0 Å². The number of nitrogens with one attached hydrogen (secondary N) is 2. The standard InChI is InChI=1S/C16H20N4O2S/c21-16(20-13-4-9-22-10-5-13)18-8-3-14-11-23-15(19-14)12-1-6-17-7-2-12/h1-2,6-7,11,13H,3-5,8-10H2,(H2,18,20,21).